The summed E-state index contributed by atoms with van der Waals surface area (Å²) in [6.07, 6.45) is -0.733. The second-order valence-corrected chi connectivity index (χ2v) is 3.73. The van der Waals surface area contributed by atoms with E-state index in [0.717, 1.165) is 4.90 Å². The van der Waals surface area contributed by atoms with Crippen LogP contribution < -0.4 is 0 Å². The summed E-state index contributed by atoms with van der Waals surface area (Å²) in [6, 6.07) is 0. The molecule has 0 radical (unpaired) electrons. The Bertz CT molecular complexity index is 209. The number of aliphatic hydroxyl groups excluding tert-OH is 1. The van der Waals surface area contributed by atoms with Gasteiger partial charge in [0.15, 0.2) is 0 Å². The number of β-amino-alcohol motifs (C(OH)–C–C–N with tert-alkyl or cyclic N) is 1. The smallest absolute Gasteiger partial charge is 0.391 e. The topological polar surface area (TPSA) is 40.5 Å². The van der Waals surface area contributed by atoms with Gasteiger partial charge in [0, 0.05) is 19.0 Å². The fraction of sp³-hybridized carbons (Fsp3) is 0.857. The summed E-state index contributed by atoms with van der Waals surface area (Å²) >= 11 is 4.55. The maximum Gasteiger partial charge on any atom is 0.399 e. The summed E-state index contributed by atoms with van der Waals surface area (Å²) < 4.78 is 24.6. The van der Waals surface area contributed by atoms with Crippen LogP contribution in [0.5, 0.6) is 0 Å². The van der Waals surface area contributed by atoms with Crippen molar-refractivity contribution in [2.75, 3.05) is 13.1 Å². The fourth-order valence-corrected chi connectivity index (χ4v) is 1.41. The van der Waals surface area contributed by atoms with Crippen molar-refractivity contribution in [3.8, 4) is 0 Å². The van der Waals surface area contributed by atoms with E-state index in [1.165, 1.54) is 0 Å². The third-order valence-corrected chi connectivity index (χ3v) is 2.26. The summed E-state index contributed by atoms with van der Waals surface area (Å²) in [6.45, 7) is 1.74. The number of amides is 1. The number of hydrogen-bond acceptors (Lipinski definition) is 2. The van der Waals surface area contributed by atoms with Gasteiger partial charge in [-0.1, -0.05) is 6.92 Å². The predicted octanol–water partition coefficient (Wildman–Crippen LogP) is 0.657. The lowest BCUT2D eigenvalue weighted by Gasteiger charge is -2.17. The average Bonchev–Trinajstić information content (AvgIpc) is 2.29. The lowest BCUT2D eigenvalue weighted by Crippen LogP contribution is -2.39. The number of alkyl halides is 3. The second kappa shape index (κ2) is 3.38. The first kappa shape index (κ1) is 10.7. The molecule has 1 rings (SSSR count). The van der Waals surface area contributed by atoms with Crippen LogP contribution in [0.15, 0.2) is 0 Å². The largest absolute Gasteiger partial charge is 0.399 e. The van der Waals surface area contributed by atoms with Crippen molar-refractivity contribution in [3.05, 3.63) is 0 Å². The van der Waals surface area contributed by atoms with Crippen LogP contribution in [-0.2, 0) is 4.79 Å². The Balaban J connectivity index is 2.61. The molecule has 0 aromatic heterocycles. The van der Waals surface area contributed by atoms with Gasteiger partial charge in [0.2, 0.25) is 0 Å². The van der Waals surface area contributed by atoms with Gasteiger partial charge in [0.1, 0.15) is 0 Å². The average molecular weight is 214 g/mol. The first-order valence-electron chi connectivity index (χ1n) is 3.86. The molecule has 0 bridgehead atoms. The molecule has 0 aromatic rings. The van der Waals surface area contributed by atoms with Gasteiger partial charge in [-0.2, -0.15) is 8.78 Å². The normalized spacial score (nSPS) is 29.5. The Kier molecular flexibility index (Phi) is 2.77. The molecular weight excluding hydrogens is 204 g/mol. The van der Waals surface area contributed by atoms with E-state index in [4.69, 9.17) is 0 Å². The van der Waals surface area contributed by atoms with Gasteiger partial charge < -0.3 is 10.0 Å². The Morgan fingerprint density at radius 1 is 1.62 bits per heavy atom. The van der Waals surface area contributed by atoms with Crippen molar-refractivity contribution in [3.63, 3.8) is 0 Å². The summed E-state index contributed by atoms with van der Waals surface area (Å²) in [7, 11) is 0. The van der Waals surface area contributed by atoms with E-state index in [0.29, 0.717) is 0 Å². The molecule has 1 saturated heterocycles. The molecule has 76 valence electrons. The molecular formula is C7H10ClF2NO2. The quantitative estimate of drug-likeness (QED) is 0.650. The number of likely N-dealkylation sites (tertiary alicyclic amines) is 1. The minimum Gasteiger partial charge on any atom is -0.391 e. The monoisotopic (exact) mass is 213 g/mol. The highest BCUT2D eigenvalue weighted by Gasteiger charge is 2.43. The molecule has 0 aliphatic carbocycles. The molecule has 2 atom stereocenters. The number of aliphatic hydroxyl groups is 1. The molecule has 2 unspecified atom stereocenters. The molecule has 6 heteroatoms. The molecule has 0 aromatic carbocycles. The van der Waals surface area contributed by atoms with E-state index in [1.807, 2.05) is 0 Å². The van der Waals surface area contributed by atoms with Crippen molar-refractivity contribution in [1.29, 1.82) is 0 Å². The number of carbonyl (C=O) groups excluding carboxylic acids is 1. The van der Waals surface area contributed by atoms with Crippen molar-refractivity contribution in [1.82, 2.24) is 4.90 Å². The number of halogens is 3. The highest BCUT2D eigenvalue weighted by Crippen LogP contribution is 2.26. The van der Waals surface area contributed by atoms with E-state index >= 15 is 0 Å². The predicted molar refractivity (Wildman–Crippen MR) is 42.6 cm³/mol. The third kappa shape index (κ3) is 2.28. The van der Waals surface area contributed by atoms with Crippen molar-refractivity contribution < 1.29 is 18.7 Å². The fourth-order valence-electron chi connectivity index (χ4n) is 1.29. The number of carbonyl (C=O) groups is 1. The van der Waals surface area contributed by atoms with Crippen LogP contribution in [0, 0.1) is 5.92 Å². The molecule has 1 heterocycles. The number of rotatable bonds is 1. The first-order valence-corrected chi connectivity index (χ1v) is 4.24. The minimum absolute atomic E-state index is 0.0672. The van der Waals surface area contributed by atoms with E-state index in [-0.39, 0.29) is 19.0 Å². The van der Waals surface area contributed by atoms with Crippen LogP contribution in [0.4, 0.5) is 8.78 Å². The van der Waals surface area contributed by atoms with E-state index in [2.05, 4.69) is 11.6 Å². The molecule has 1 N–H and O–H groups in total. The van der Waals surface area contributed by atoms with Gasteiger partial charge in [-0.3, -0.25) is 4.79 Å². The SMILES string of the molecule is CC1CN(C(=O)C(F)(F)Cl)CC1O. The summed E-state index contributed by atoms with van der Waals surface area (Å²) in [5.41, 5.74) is 0. The van der Waals surface area contributed by atoms with Gasteiger partial charge in [0.25, 0.3) is 0 Å². The highest BCUT2D eigenvalue weighted by molar-refractivity contribution is 6.32. The Labute approximate surface area is 79.3 Å². The van der Waals surface area contributed by atoms with Gasteiger partial charge in [-0.25, -0.2) is 0 Å². The number of hydrogen-bond donors (Lipinski definition) is 1. The lowest BCUT2D eigenvalue weighted by atomic mass is 10.1. The number of nitrogens with zero attached hydrogens (tertiary/aromatic N) is 1. The maximum absolute atomic E-state index is 12.3. The third-order valence-electron chi connectivity index (χ3n) is 2.10. The molecule has 0 spiro atoms. The van der Waals surface area contributed by atoms with Gasteiger partial charge in [0.05, 0.1) is 6.10 Å². The highest BCUT2D eigenvalue weighted by atomic mass is 35.5. The molecule has 0 saturated carbocycles. The molecule has 1 aliphatic heterocycles. The Hall–Kier alpha value is -0.420. The van der Waals surface area contributed by atoms with Crippen LogP contribution in [0.3, 0.4) is 0 Å². The van der Waals surface area contributed by atoms with Crippen LogP contribution >= 0.6 is 11.6 Å². The van der Waals surface area contributed by atoms with Gasteiger partial charge in [-0.15, -0.1) is 0 Å². The summed E-state index contributed by atoms with van der Waals surface area (Å²) in [4.78, 5) is 11.8. The van der Waals surface area contributed by atoms with Crippen molar-refractivity contribution >= 4 is 17.5 Å². The van der Waals surface area contributed by atoms with E-state index < -0.39 is 17.4 Å². The zero-order chi connectivity index (χ0) is 10.2. The van der Waals surface area contributed by atoms with Crippen LogP contribution in [0.1, 0.15) is 6.92 Å². The van der Waals surface area contributed by atoms with E-state index in [9.17, 15) is 18.7 Å². The first-order chi connectivity index (χ1) is 5.82. The van der Waals surface area contributed by atoms with Crippen LogP contribution in [-0.4, -0.2) is 40.5 Å². The zero-order valence-electron chi connectivity index (χ0n) is 7.01. The molecule has 1 fully saturated rings. The Morgan fingerprint density at radius 2 is 2.15 bits per heavy atom. The van der Waals surface area contributed by atoms with Crippen molar-refractivity contribution in [2.45, 2.75) is 18.4 Å². The lowest BCUT2D eigenvalue weighted by molar-refractivity contribution is -0.146. The minimum atomic E-state index is -3.86. The Morgan fingerprint density at radius 3 is 2.46 bits per heavy atom. The standard InChI is InChI=1S/C7H10ClF2NO2/c1-4-2-11(3-5(4)12)6(13)7(8,9)10/h4-5,12H,2-3H2,1H3. The molecule has 1 amide bonds. The van der Waals surface area contributed by atoms with E-state index in [1.54, 1.807) is 6.92 Å². The van der Waals surface area contributed by atoms with Crippen LogP contribution in [0.2, 0.25) is 0 Å². The second-order valence-electron chi connectivity index (χ2n) is 3.25. The summed E-state index contributed by atoms with van der Waals surface area (Å²) in [5.74, 6) is -1.61. The zero-order valence-corrected chi connectivity index (χ0v) is 7.76. The molecule has 3 nitrogen and oxygen atoms in total. The molecule has 1 aliphatic rings. The van der Waals surface area contributed by atoms with Gasteiger partial charge >= 0.3 is 11.3 Å². The summed E-state index contributed by atoms with van der Waals surface area (Å²) in [5, 5.41) is 5.34. The maximum atomic E-state index is 12.3. The van der Waals surface area contributed by atoms with Gasteiger partial charge in [-0.05, 0) is 11.6 Å². The van der Waals surface area contributed by atoms with Crippen LogP contribution in [0.25, 0.3) is 0 Å². The van der Waals surface area contributed by atoms with Crippen molar-refractivity contribution in [2.24, 2.45) is 5.92 Å². The molecule has 13 heavy (non-hydrogen) atoms.